The number of allylic oxidation sites excluding steroid dienone is 1. The summed E-state index contributed by atoms with van der Waals surface area (Å²) in [7, 11) is 2.08. The summed E-state index contributed by atoms with van der Waals surface area (Å²) in [6, 6.07) is 8.67. The van der Waals surface area contributed by atoms with Crippen LogP contribution in [0.25, 0.3) is 6.08 Å². The number of Topliss-reactive ketones (excluding diaryl/α,β-unsaturated/α-hetero) is 1. The minimum absolute atomic E-state index is 0.159. The number of hydrogen-bond acceptors (Lipinski definition) is 5. The standard InChI is InChI=1S/C22H23NO5/c1-3-4-9-23(2)12-16-17(24)7-6-15-21(25)20(28-22(15)16)11-14-5-8-18-19(10-14)27-13-26-18/h5-8,10-11,24H,3-4,9,12-13H2,1-2H3/p+1/b20-11-. The summed E-state index contributed by atoms with van der Waals surface area (Å²) in [6.45, 7) is 3.94. The molecule has 0 radical (unpaired) electrons. The van der Waals surface area contributed by atoms with Gasteiger partial charge in [0, 0.05) is 0 Å². The van der Waals surface area contributed by atoms with Crippen LogP contribution in [0, 0.1) is 0 Å². The molecule has 1 unspecified atom stereocenters. The molecule has 0 amide bonds. The Balaban J connectivity index is 1.61. The average Bonchev–Trinajstić information content (AvgIpc) is 3.27. The van der Waals surface area contributed by atoms with Crippen LogP contribution in [-0.4, -0.2) is 31.3 Å². The number of nitrogens with one attached hydrogen (secondary N) is 1. The maximum Gasteiger partial charge on any atom is 0.231 e. The van der Waals surface area contributed by atoms with Crippen molar-refractivity contribution in [3.05, 3.63) is 52.8 Å². The van der Waals surface area contributed by atoms with Crippen LogP contribution in [-0.2, 0) is 6.54 Å². The van der Waals surface area contributed by atoms with E-state index in [2.05, 4.69) is 14.0 Å². The van der Waals surface area contributed by atoms with Gasteiger partial charge in [-0.1, -0.05) is 19.4 Å². The van der Waals surface area contributed by atoms with E-state index in [-0.39, 0.29) is 24.1 Å². The second kappa shape index (κ2) is 7.56. The molecule has 28 heavy (non-hydrogen) atoms. The van der Waals surface area contributed by atoms with Crippen molar-refractivity contribution < 1.29 is 29.0 Å². The predicted molar refractivity (Wildman–Crippen MR) is 104 cm³/mol. The third-order valence-corrected chi connectivity index (χ3v) is 5.05. The lowest BCUT2D eigenvalue weighted by atomic mass is 10.0. The summed E-state index contributed by atoms with van der Waals surface area (Å²) in [5.41, 5.74) is 1.95. The van der Waals surface area contributed by atoms with Gasteiger partial charge in [0.25, 0.3) is 0 Å². The van der Waals surface area contributed by atoms with Gasteiger partial charge in [0.15, 0.2) is 23.0 Å². The van der Waals surface area contributed by atoms with Crippen molar-refractivity contribution >= 4 is 11.9 Å². The maximum atomic E-state index is 12.8. The number of carbonyl (C=O) groups excluding carboxylic acids is 1. The first kappa shape index (κ1) is 18.4. The molecule has 6 heteroatoms. The zero-order valence-electron chi connectivity index (χ0n) is 16.1. The van der Waals surface area contributed by atoms with Gasteiger partial charge in [0.05, 0.1) is 24.7 Å². The number of quaternary nitrogens is 1. The largest absolute Gasteiger partial charge is 0.507 e. The van der Waals surface area contributed by atoms with E-state index in [1.165, 1.54) is 4.90 Å². The van der Waals surface area contributed by atoms with Crippen molar-refractivity contribution in [1.82, 2.24) is 0 Å². The molecule has 2 aromatic rings. The van der Waals surface area contributed by atoms with Crippen molar-refractivity contribution in [2.45, 2.75) is 26.3 Å². The van der Waals surface area contributed by atoms with Crippen LogP contribution >= 0.6 is 0 Å². The van der Waals surface area contributed by atoms with Crippen LogP contribution in [0.1, 0.15) is 41.3 Å². The average molecular weight is 382 g/mol. The van der Waals surface area contributed by atoms with Crippen LogP contribution in [0.3, 0.4) is 0 Å². The van der Waals surface area contributed by atoms with Gasteiger partial charge in [0.1, 0.15) is 12.3 Å². The zero-order valence-corrected chi connectivity index (χ0v) is 16.1. The second-order valence-corrected chi connectivity index (χ2v) is 7.23. The van der Waals surface area contributed by atoms with E-state index < -0.39 is 0 Å². The van der Waals surface area contributed by atoms with Gasteiger partial charge in [-0.2, -0.15) is 0 Å². The summed E-state index contributed by atoms with van der Waals surface area (Å²) >= 11 is 0. The normalized spacial score (nSPS) is 16.9. The molecule has 0 aromatic heterocycles. The summed E-state index contributed by atoms with van der Waals surface area (Å²) in [4.78, 5) is 14.1. The van der Waals surface area contributed by atoms with Gasteiger partial charge in [-0.15, -0.1) is 0 Å². The Kier molecular flexibility index (Phi) is 4.96. The number of benzene rings is 2. The van der Waals surface area contributed by atoms with Crippen LogP contribution in [0.4, 0.5) is 0 Å². The van der Waals surface area contributed by atoms with Crippen LogP contribution in [0.15, 0.2) is 36.1 Å². The molecule has 0 saturated heterocycles. The van der Waals surface area contributed by atoms with Crippen molar-refractivity contribution in [3.8, 4) is 23.0 Å². The van der Waals surface area contributed by atoms with E-state index >= 15 is 0 Å². The van der Waals surface area contributed by atoms with Crippen molar-refractivity contribution in [2.75, 3.05) is 20.4 Å². The molecule has 146 valence electrons. The lowest BCUT2D eigenvalue weighted by Gasteiger charge is -2.16. The molecule has 0 bridgehead atoms. The highest BCUT2D eigenvalue weighted by molar-refractivity contribution is 6.15. The molecular formula is C22H24NO5+. The summed E-state index contributed by atoms with van der Waals surface area (Å²) < 4.78 is 16.6. The summed E-state index contributed by atoms with van der Waals surface area (Å²) in [5.74, 6) is 2.03. The molecule has 0 fully saturated rings. The van der Waals surface area contributed by atoms with Crippen LogP contribution in [0.5, 0.6) is 23.0 Å². The lowest BCUT2D eigenvalue weighted by Crippen LogP contribution is -3.07. The monoisotopic (exact) mass is 382 g/mol. The van der Waals surface area contributed by atoms with Crippen molar-refractivity contribution in [1.29, 1.82) is 0 Å². The van der Waals surface area contributed by atoms with Crippen LogP contribution in [0.2, 0.25) is 0 Å². The molecule has 2 aliphatic rings. The fraction of sp³-hybridized carbons (Fsp3) is 0.318. The number of ether oxygens (including phenoxy) is 3. The number of carbonyl (C=O) groups is 1. The number of unbranched alkanes of at least 4 members (excludes halogenated alkanes) is 1. The van der Waals surface area contributed by atoms with E-state index in [1.807, 2.05) is 18.2 Å². The van der Waals surface area contributed by atoms with E-state index in [9.17, 15) is 9.90 Å². The molecular weight excluding hydrogens is 358 g/mol. The molecule has 2 N–H and O–H groups in total. The number of aromatic hydroxyl groups is 1. The van der Waals surface area contributed by atoms with E-state index in [0.717, 1.165) is 24.9 Å². The first-order valence-corrected chi connectivity index (χ1v) is 9.57. The number of phenolic OH excluding ortho intramolecular Hbond substituents is 1. The van der Waals surface area contributed by atoms with Crippen LogP contribution < -0.4 is 19.1 Å². The Labute approximate surface area is 163 Å². The quantitative estimate of drug-likeness (QED) is 0.752. The van der Waals surface area contributed by atoms with Gasteiger partial charge >= 0.3 is 0 Å². The molecule has 6 nitrogen and oxygen atoms in total. The number of ketones is 1. The first-order chi connectivity index (χ1) is 13.6. The summed E-state index contributed by atoms with van der Waals surface area (Å²) in [6.07, 6.45) is 3.92. The third-order valence-electron chi connectivity index (χ3n) is 5.05. The maximum absolute atomic E-state index is 12.8. The predicted octanol–water partition coefficient (Wildman–Crippen LogP) is 2.55. The Morgan fingerprint density at radius 2 is 2.00 bits per heavy atom. The molecule has 0 aliphatic carbocycles. The second-order valence-electron chi connectivity index (χ2n) is 7.23. The number of rotatable bonds is 6. The number of phenols is 1. The lowest BCUT2D eigenvalue weighted by molar-refractivity contribution is -0.894. The van der Waals surface area contributed by atoms with Gasteiger partial charge in [0.2, 0.25) is 12.6 Å². The molecule has 2 aliphatic heterocycles. The Morgan fingerprint density at radius 3 is 2.82 bits per heavy atom. The minimum atomic E-state index is -0.180. The van der Waals surface area contributed by atoms with Crippen molar-refractivity contribution in [2.24, 2.45) is 0 Å². The minimum Gasteiger partial charge on any atom is -0.507 e. The Bertz CT molecular complexity index is 950. The van der Waals surface area contributed by atoms with Gasteiger partial charge in [-0.05, 0) is 42.3 Å². The highest BCUT2D eigenvalue weighted by Crippen LogP contribution is 2.40. The Hall–Kier alpha value is -2.99. The molecule has 0 saturated carbocycles. The number of hydrogen-bond donors (Lipinski definition) is 2. The molecule has 2 aromatic carbocycles. The highest BCUT2D eigenvalue weighted by atomic mass is 16.7. The number of fused-ring (bicyclic) bond motifs is 2. The van der Waals surface area contributed by atoms with E-state index in [4.69, 9.17) is 14.2 Å². The van der Waals surface area contributed by atoms with Crippen molar-refractivity contribution in [3.63, 3.8) is 0 Å². The highest BCUT2D eigenvalue weighted by Gasteiger charge is 2.32. The SMILES string of the molecule is CCCC[NH+](C)Cc1c(O)ccc2c1O/C(=C\c1ccc3c(c1)OCO3)C2=O. The molecule has 4 rings (SSSR count). The van der Waals surface area contributed by atoms with Gasteiger partial charge in [-0.3, -0.25) is 4.79 Å². The zero-order chi connectivity index (χ0) is 19.7. The summed E-state index contributed by atoms with van der Waals surface area (Å²) in [5, 5.41) is 10.4. The topological polar surface area (TPSA) is 69.4 Å². The van der Waals surface area contributed by atoms with E-state index in [1.54, 1.807) is 18.2 Å². The molecule has 0 spiro atoms. The fourth-order valence-corrected chi connectivity index (χ4v) is 3.49. The Morgan fingerprint density at radius 1 is 1.18 bits per heavy atom. The fourth-order valence-electron chi connectivity index (χ4n) is 3.49. The molecule has 2 heterocycles. The van der Waals surface area contributed by atoms with Gasteiger partial charge < -0.3 is 24.2 Å². The third kappa shape index (κ3) is 3.43. The van der Waals surface area contributed by atoms with Gasteiger partial charge in [-0.25, -0.2) is 0 Å². The van der Waals surface area contributed by atoms with E-state index in [0.29, 0.717) is 34.9 Å². The molecule has 1 atom stereocenters. The smallest absolute Gasteiger partial charge is 0.231 e. The first-order valence-electron chi connectivity index (χ1n) is 9.57.